The van der Waals surface area contributed by atoms with Crippen molar-refractivity contribution in [2.24, 2.45) is 0 Å². The van der Waals surface area contributed by atoms with Gasteiger partial charge in [-0.2, -0.15) is 5.10 Å². The van der Waals surface area contributed by atoms with Gasteiger partial charge in [-0.05, 0) is 12.5 Å². The number of carboxylic acid groups (broad SMARTS) is 1. The van der Waals surface area contributed by atoms with Crippen LogP contribution < -0.4 is 5.69 Å². The molecule has 0 saturated heterocycles. The molecule has 0 fully saturated rings. The minimum atomic E-state index is -1.53. The number of aryl methyl sites for hydroxylation is 1. The third kappa shape index (κ3) is 2.86. The summed E-state index contributed by atoms with van der Waals surface area (Å²) in [6, 6.07) is 1.04. The average molecular weight is 343 g/mol. The summed E-state index contributed by atoms with van der Waals surface area (Å²) in [6.07, 6.45) is -1.25. The molecule has 0 aliphatic carbocycles. The highest BCUT2D eigenvalue weighted by Gasteiger charge is 2.28. The lowest BCUT2D eigenvalue weighted by molar-refractivity contribution is 0.00392. The largest absolute Gasteiger partial charge is 0.507 e. The molecule has 0 radical (unpaired) electrons. The Morgan fingerprint density at radius 3 is 2.71 bits per heavy atom. The summed E-state index contributed by atoms with van der Waals surface area (Å²) < 4.78 is 46.5. The molecule has 0 spiro atoms. The first-order chi connectivity index (χ1) is 11.4. The molecule has 1 aromatic carbocycles. The first kappa shape index (κ1) is 16.1. The Kier molecular flexibility index (Phi) is 4.04. The molecule has 7 nitrogen and oxygen atoms in total. The molecule has 1 aliphatic rings. The van der Waals surface area contributed by atoms with E-state index in [0.29, 0.717) is 37.2 Å². The lowest BCUT2D eigenvalue weighted by Crippen LogP contribution is -2.33. The number of rotatable bonds is 3. The summed E-state index contributed by atoms with van der Waals surface area (Å²) >= 11 is 0. The van der Waals surface area contributed by atoms with E-state index in [4.69, 9.17) is 5.11 Å². The number of carbonyl (C=O) groups is 1. The molecule has 0 amide bonds. The van der Waals surface area contributed by atoms with Gasteiger partial charge in [-0.25, -0.2) is 32.0 Å². The Hall–Kier alpha value is -2.78. The molecular weight excluding hydrogens is 331 g/mol. The molecule has 1 N–H and O–H groups in total. The molecule has 1 aromatic heterocycles. The van der Waals surface area contributed by atoms with Gasteiger partial charge in [0.05, 0.1) is 6.54 Å². The number of nitrogens with zero attached hydrogens (tertiary/aromatic N) is 3. The summed E-state index contributed by atoms with van der Waals surface area (Å²) in [6.45, 7) is -0.415. The Labute approximate surface area is 132 Å². The smallest absolute Gasteiger partial charge is 0.450 e. The van der Waals surface area contributed by atoms with E-state index in [-0.39, 0.29) is 5.56 Å². The third-order valence-corrected chi connectivity index (χ3v) is 3.73. The highest BCUT2D eigenvalue weighted by Crippen LogP contribution is 2.23. The van der Waals surface area contributed by atoms with Crippen molar-refractivity contribution in [3.8, 4) is 0 Å². The van der Waals surface area contributed by atoms with Crippen molar-refractivity contribution in [3.63, 3.8) is 0 Å². The monoisotopic (exact) mass is 343 g/mol. The lowest BCUT2D eigenvalue weighted by Gasteiger charge is -2.21. The Morgan fingerprint density at radius 2 is 2.00 bits per heavy atom. The third-order valence-electron chi connectivity index (χ3n) is 3.73. The van der Waals surface area contributed by atoms with Gasteiger partial charge in [0, 0.05) is 24.5 Å². The highest BCUT2D eigenvalue weighted by molar-refractivity contribution is 5.56. The summed E-state index contributed by atoms with van der Waals surface area (Å²) in [7, 11) is 0. The number of hydrogen-bond donors (Lipinski definition) is 1. The van der Waals surface area contributed by atoms with Crippen LogP contribution in [0.2, 0.25) is 0 Å². The van der Waals surface area contributed by atoms with Crippen LogP contribution in [-0.2, 0) is 17.7 Å². The van der Waals surface area contributed by atoms with E-state index in [1.807, 2.05) is 0 Å². The van der Waals surface area contributed by atoms with Crippen LogP contribution in [0.5, 0.6) is 0 Å². The SMILES string of the molecule is O=C(O)O[C@H]1CCCc2nn(Cc3cc(F)c(F)cc3F)c(=O)n21. The van der Waals surface area contributed by atoms with E-state index in [0.717, 1.165) is 9.25 Å². The van der Waals surface area contributed by atoms with Gasteiger partial charge < -0.3 is 9.84 Å². The summed E-state index contributed by atoms with van der Waals surface area (Å²) in [4.78, 5) is 23.1. The van der Waals surface area contributed by atoms with E-state index in [1.165, 1.54) is 0 Å². The second-order valence-corrected chi connectivity index (χ2v) is 5.31. The van der Waals surface area contributed by atoms with Crippen molar-refractivity contribution in [2.45, 2.75) is 32.0 Å². The molecule has 0 unspecified atom stereocenters. The maximum atomic E-state index is 13.7. The molecule has 3 rings (SSSR count). The molecule has 1 atom stereocenters. The van der Waals surface area contributed by atoms with Crippen LogP contribution in [-0.4, -0.2) is 25.6 Å². The average Bonchev–Trinajstić information content (AvgIpc) is 2.82. The van der Waals surface area contributed by atoms with Crippen LogP contribution in [0.1, 0.15) is 30.5 Å². The lowest BCUT2D eigenvalue weighted by atomic mass is 10.1. The van der Waals surface area contributed by atoms with E-state index in [1.54, 1.807) is 0 Å². The summed E-state index contributed by atoms with van der Waals surface area (Å²) in [5.74, 6) is -3.29. The van der Waals surface area contributed by atoms with Crippen LogP contribution >= 0.6 is 0 Å². The summed E-state index contributed by atoms with van der Waals surface area (Å²) in [5, 5.41) is 12.7. The van der Waals surface area contributed by atoms with E-state index >= 15 is 0 Å². The maximum absolute atomic E-state index is 13.7. The molecule has 10 heteroatoms. The zero-order chi connectivity index (χ0) is 17.4. The van der Waals surface area contributed by atoms with Gasteiger partial charge in [-0.15, -0.1) is 0 Å². The van der Waals surface area contributed by atoms with E-state index < -0.39 is 42.1 Å². The second kappa shape index (κ2) is 6.02. The van der Waals surface area contributed by atoms with E-state index in [2.05, 4.69) is 9.84 Å². The standard InChI is InChI=1S/C14H12F3N3O4/c15-8-5-10(17)9(16)4-7(8)6-19-13(21)20-11(18-19)2-1-3-12(20)24-14(22)23/h4-5,12H,1-3,6H2,(H,22,23)/t12-/m0/s1. The van der Waals surface area contributed by atoms with Gasteiger partial charge >= 0.3 is 11.8 Å². The Morgan fingerprint density at radius 1 is 1.29 bits per heavy atom. The van der Waals surface area contributed by atoms with Crippen LogP contribution in [0.3, 0.4) is 0 Å². The van der Waals surface area contributed by atoms with Gasteiger partial charge in [0.25, 0.3) is 0 Å². The minimum Gasteiger partial charge on any atom is -0.450 e. The van der Waals surface area contributed by atoms with Crippen LogP contribution in [0.4, 0.5) is 18.0 Å². The van der Waals surface area contributed by atoms with Gasteiger partial charge in [-0.1, -0.05) is 0 Å². The Balaban J connectivity index is 1.97. The van der Waals surface area contributed by atoms with Crippen LogP contribution in [0.15, 0.2) is 16.9 Å². The van der Waals surface area contributed by atoms with Crippen LogP contribution in [0, 0.1) is 17.5 Å². The number of ether oxygens (including phenoxy) is 1. The first-order valence-electron chi connectivity index (χ1n) is 7.08. The molecule has 2 aromatic rings. The quantitative estimate of drug-likeness (QED) is 0.681. The fraction of sp³-hybridized carbons (Fsp3) is 0.357. The normalized spacial score (nSPS) is 16.7. The topological polar surface area (TPSA) is 86.3 Å². The number of fused-ring (bicyclic) bond motifs is 1. The fourth-order valence-electron chi connectivity index (χ4n) is 2.67. The van der Waals surface area contributed by atoms with Gasteiger partial charge in [0.1, 0.15) is 11.6 Å². The van der Waals surface area contributed by atoms with Crippen molar-refractivity contribution in [3.05, 3.63) is 51.5 Å². The van der Waals surface area contributed by atoms with Gasteiger partial charge in [0.2, 0.25) is 0 Å². The molecule has 128 valence electrons. The number of aromatic nitrogens is 3. The van der Waals surface area contributed by atoms with Crippen molar-refractivity contribution < 1.29 is 27.8 Å². The molecular formula is C14H12F3N3O4. The predicted octanol–water partition coefficient (Wildman–Crippen LogP) is 2.04. The fourth-order valence-corrected chi connectivity index (χ4v) is 2.67. The van der Waals surface area contributed by atoms with Crippen molar-refractivity contribution in [1.82, 2.24) is 14.3 Å². The molecule has 24 heavy (non-hydrogen) atoms. The number of benzene rings is 1. The predicted molar refractivity (Wildman–Crippen MR) is 73.0 cm³/mol. The van der Waals surface area contributed by atoms with Gasteiger partial charge in [0.15, 0.2) is 17.9 Å². The number of halogens is 3. The van der Waals surface area contributed by atoms with Crippen molar-refractivity contribution >= 4 is 6.16 Å². The summed E-state index contributed by atoms with van der Waals surface area (Å²) in [5.41, 5.74) is -0.956. The molecule has 0 bridgehead atoms. The first-order valence-corrected chi connectivity index (χ1v) is 7.08. The highest BCUT2D eigenvalue weighted by atomic mass is 19.2. The maximum Gasteiger partial charge on any atom is 0.507 e. The molecule has 2 heterocycles. The number of hydrogen-bond acceptors (Lipinski definition) is 4. The molecule has 1 aliphatic heterocycles. The Bertz CT molecular complexity index is 862. The molecule has 0 saturated carbocycles. The van der Waals surface area contributed by atoms with Crippen molar-refractivity contribution in [2.75, 3.05) is 0 Å². The van der Waals surface area contributed by atoms with Crippen molar-refractivity contribution in [1.29, 1.82) is 0 Å². The second-order valence-electron chi connectivity index (χ2n) is 5.31. The van der Waals surface area contributed by atoms with Gasteiger partial charge in [-0.3, -0.25) is 0 Å². The zero-order valence-corrected chi connectivity index (χ0v) is 12.2. The van der Waals surface area contributed by atoms with Crippen LogP contribution in [0.25, 0.3) is 0 Å². The zero-order valence-electron chi connectivity index (χ0n) is 12.2. The van der Waals surface area contributed by atoms with E-state index in [9.17, 15) is 22.8 Å². The minimum absolute atomic E-state index is 0.248.